The summed E-state index contributed by atoms with van der Waals surface area (Å²) in [5.74, 6) is 0.264. The molecule has 0 spiro atoms. The number of imidazole rings is 1. The number of rotatable bonds is 8. The average Bonchev–Trinajstić information content (AvgIpc) is 3.21. The van der Waals surface area contributed by atoms with Crippen LogP contribution in [0.4, 0.5) is 19.0 Å². The summed E-state index contributed by atoms with van der Waals surface area (Å²) in [6, 6.07) is 0. The Morgan fingerprint density at radius 1 is 1.38 bits per heavy atom. The lowest BCUT2D eigenvalue weighted by Gasteiger charge is -2.17. The normalized spacial score (nSPS) is 25.1. The largest absolute Gasteiger partial charge is 0.394 e. The summed E-state index contributed by atoms with van der Waals surface area (Å²) in [7, 11) is 1.52. The predicted molar refractivity (Wildman–Crippen MR) is 99.8 cm³/mol. The fourth-order valence-electron chi connectivity index (χ4n) is 3.02. The van der Waals surface area contributed by atoms with Gasteiger partial charge in [0.05, 0.1) is 37.3 Å². The Kier molecular flexibility index (Phi) is 6.83. The first-order valence-electron chi connectivity index (χ1n) is 8.90. The van der Waals surface area contributed by atoms with Crippen LogP contribution in [-0.4, -0.2) is 80.2 Å². The summed E-state index contributed by atoms with van der Waals surface area (Å²) in [6.45, 7) is 0.324. The number of nitrogens with zero attached hydrogens (tertiary/aromatic N) is 4. The molecular weight excluding hydrogens is 415 g/mol. The molecule has 1 fully saturated rings. The molecule has 4 atom stereocenters. The number of halogens is 3. The minimum atomic E-state index is -4.34. The minimum Gasteiger partial charge on any atom is -0.394 e. The van der Waals surface area contributed by atoms with Gasteiger partial charge in [-0.05, 0) is 0 Å². The lowest BCUT2D eigenvalue weighted by atomic mass is 10.2. The number of thiol groups is 1. The van der Waals surface area contributed by atoms with Gasteiger partial charge in [-0.2, -0.15) is 25.8 Å². The van der Waals surface area contributed by atoms with E-state index in [0.717, 1.165) is 0 Å². The highest BCUT2D eigenvalue weighted by atomic mass is 32.1. The summed E-state index contributed by atoms with van der Waals surface area (Å²) in [6.07, 6.45) is -7.10. The van der Waals surface area contributed by atoms with Crippen LogP contribution in [0.25, 0.3) is 11.2 Å². The molecule has 0 radical (unpaired) electrons. The number of alkyl halides is 3. The molecule has 29 heavy (non-hydrogen) atoms. The highest BCUT2D eigenvalue weighted by Gasteiger charge is 2.43. The third-order valence-corrected chi connectivity index (χ3v) is 5.05. The topological polar surface area (TPSA) is 115 Å². The average molecular weight is 437 g/mol. The summed E-state index contributed by atoms with van der Waals surface area (Å²) in [5, 5.41) is 21.8. The maximum Gasteiger partial charge on any atom is 0.389 e. The van der Waals surface area contributed by atoms with Crippen LogP contribution in [0.3, 0.4) is 0 Å². The Hall–Kier alpha value is -1.67. The smallest absolute Gasteiger partial charge is 0.389 e. The van der Waals surface area contributed by atoms with Gasteiger partial charge in [0.25, 0.3) is 0 Å². The molecule has 1 aliphatic rings. The van der Waals surface area contributed by atoms with Gasteiger partial charge in [0.1, 0.15) is 11.9 Å². The van der Waals surface area contributed by atoms with E-state index in [0.29, 0.717) is 18.7 Å². The number of hydrogen-bond donors (Lipinski definition) is 4. The molecule has 9 nitrogen and oxygen atoms in total. The summed E-state index contributed by atoms with van der Waals surface area (Å²) in [5.41, 5.74) is 0.579. The maximum absolute atomic E-state index is 12.7. The van der Waals surface area contributed by atoms with Gasteiger partial charge in [-0.15, -0.1) is 0 Å². The number of methoxy groups -OCH3 is 1. The Bertz CT molecular complexity index is 837. The van der Waals surface area contributed by atoms with E-state index in [1.54, 1.807) is 0 Å². The Morgan fingerprint density at radius 3 is 2.76 bits per heavy atom. The standard InChI is InChI=1S/C16H22F3N5O4S/c1-27-5-4-20-13-10-14(23-9(22-13)2-3-16(17,18)19)24(7-21-10)15-12(29)11(26)8(6-25)28-15/h7-8,11-12,15,25-26,29H,2-6H2,1H3,(H,20,22,23)/t8-,11-,12-,15-/m1/s1. The van der Waals surface area contributed by atoms with Crippen molar-refractivity contribution in [3.63, 3.8) is 0 Å². The van der Waals surface area contributed by atoms with Crippen LogP contribution in [0.15, 0.2) is 6.33 Å². The zero-order valence-corrected chi connectivity index (χ0v) is 16.4. The molecule has 2 aromatic rings. The summed E-state index contributed by atoms with van der Waals surface area (Å²) in [4.78, 5) is 12.7. The first kappa shape index (κ1) is 22.0. The fourth-order valence-corrected chi connectivity index (χ4v) is 3.42. The lowest BCUT2D eigenvalue weighted by Crippen LogP contribution is -2.30. The van der Waals surface area contributed by atoms with E-state index in [1.165, 1.54) is 18.0 Å². The van der Waals surface area contributed by atoms with Gasteiger partial charge in [-0.1, -0.05) is 0 Å². The maximum atomic E-state index is 12.7. The zero-order chi connectivity index (χ0) is 21.2. The summed E-state index contributed by atoms with van der Waals surface area (Å²) >= 11 is 4.35. The first-order valence-corrected chi connectivity index (χ1v) is 9.42. The quantitative estimate of drug-likeness (QED) is 0.356. The number of fused-ring (bicyclic) bond motifs is 1. The van der Waals surface area contributed by atoms with Crippen LogP contribution >= 0.6 is 12.6 Å². The zero-order valence-electron chi connectivity index (χ0n) is 15.5. The molecule has 0 unspecified atom stereocenters. The number of aliphatic hydroxyl groups excluding tert-OH is 2. The van der Waals surface area contributed by atoms with Crippen LogP contribution in [0.5, 0.6) is 0 Å². The predicted octanol–water partition coefficient (Wildman–Crippen LogP) is 0.928. The fraction of sp³-hybridized carbons (Fsp3) is 0.688. The molecule has 3 heterocycles. The van der Waals surface area contributed by atoms with Gasteiger partial charge in [0.2, 0.25) is 0 Å². The molecule has 1 saturated heterocycles. The third kappa shape index (κ3) is 4.91. The van der Waals surface area contributed by atoms with Crippen LogP contribution in [0.1, 0.15) is 18.5 Å². The highest BCUT2D eigenvalue weighted by Crippen LogP contribution is 2.35. The van der Waals surface area contributed by atoms with Crippen molar-refractivity contribution < 1.29 is 32.9 Å². The molecule has 0 saturated carbocycles. The van der Waals surface area contributed by atoms with Gasteiger partial charge in [0.15, 0.2) is 23.2 Å². The van der Waals surface area contributed by atoms with E-state index in [-0.39, 0.29) is 17.3 Å². The highest BCUT2D eigenvalue weighted by molar-refractivity contribution is 7.81. The second-order valence-electron chi connectivity index (χ2n) is 6.58. The second-order valence-corrected chi connectivity index (χ2v) is 7.17. The van der Waals surface area contributed by atoms with Crippen molar-refractivity contribution in [3.8, 4) is 0 Å². The molecule has 0 amide bonds. The molecule has 3 N–H and O–H groups in total. The molecule has 0 bridgehead atoms. The van der Waals surface area contributed by atoms with E-state index < -0.39 is 49.3 Å². The molecule has 0 aromatic carbocycles. The number of aryl methyl sites for hydroxylation is 1. The van der Waals surface area contributed by atoms with Gasteiger partial charge >= 0.3 is 6.18 Å². The molecule has 3 rings (SSSR count). The number of aliphatic hydroxyl groups is 2. The minimum absolute atomic E-state index is 0.00976. The Labute approximate surface area is 169 Å². The Morgan fingerprint density at radius 2 is 2.14 bits per heavy atom. The van der Waals surface area contributed by atoms with Crippen LogP contribution in [0.2, 0.25) is 0 Å². The molecule has 2 aromatic heterocycles. The van der Waals surface area contributed by atoms with E-state index in [4.69, 9.17) is 9.47 Å². The monoisotopic (exact) mass is 437 g/mol. The first-order chi connectivity index (χ1) is 13.7. The van der Waals surface area contributed by atoms with E-state index in [9.17, 15) is 23.4 Å². The number of ether oxygens (including phenoxy) is 2. The van der Waals surface area contributed by atoms with Crippen molar-refractivity contribution in [2.24, 2.45) is 0 Å². The number of nitrogens with one attached hydrogen (secondary N) is 1. The van der Waals surface area contributed by atoms with Crippen molar-refractivity contribution in [1.29, 1.82) is 0 Å². The number of hydrogen-bond acceptors (Lipinski definition) is 9. The van der Waals surface area contributed by atoms with Crippen LogP contribution in [-0.2, 0) is 15.9 Å². The van der Waals surface area contributed by atoms with Crippen molar-refractivity contribution in [2.45, 2.75) is 42.7 Å². The molecule has 13 heteroatoms. The van der Waals surface area contributed by atoms with Crippen LogP contribution < -0.4 is 5.32 Å². The van der Waals surface area contributed by atoms with Crippen molar-refractivity contribution >= 4 is 29.6 Å². The lowest BCUT2D eigenvalue weighted by molar-refractivity contribution is -0.134. The molecule has 1 aliphatic heterocycles. The number of aromatic nitrogens is 4. The molecule has 162 valence electrons. The molecule has 0 aliphatic carbocycles. The van der Waals surface area contributed by atoms with Gasteiger partial charge < -0.3 is 25.0 Å². The van der Waals surface area contributed by atoms with E-state index >= 15 is 0 Å². The van der Waals surface area contributed by atoms with Crippen molar-refractivity contribution in [3.05, 3.63) is 12.2 Å². The van der Waals surface area contributed by atoms with Crippen LogP contribution in [0, 0.1) is 0 Å². The molecular formula is C16H22F3N5O4S. The van der Waals surface area contributed by atoms with Gasteiger partial charge in [-0.3, -0.25) is 4.57 Å². The van der Waals surface area contributed by atoms with E-state index in [1.807, 2.05) is 0 Å². The third-order valence-electron chi connectivity index (χ3n) is 4.49. The van der Waals surface area contributed by atoms with Gasteiger partial charge in [0, 0.05) is 20.1 Å². The van der Waals surface area contributed by atoms with Gasteiger partial charge in [-0.25, -0.2) is 15.0 Å². The van der Waals surface area contributed by atoms with Crippen molar-refractivity contribution in [2.75, 3.05) is 32.2 Å². The SMILES string of the molecule is COCCNc1nc(CCC(F)(F)F)nc2c1ncn2[C@@H]1O[C@H](CO)[C@@H](O)[C@H]1S. The Balaban J connectivity index is 1.98. The number of anilines is 1. The van der Waals surface area contributed by atoms with E-state index in [2.05, 4.69) is 32.9 Å². The van der Waals surface area contributed by atoms with Crippen molar-refractivity contribution in [1.82, 2.24) is 19.5 Å². The second kappa shape index (κ2) is 9.00. The summed E-state index contributed by atoms with van der Waals surface area (Å²) < 4.78 is 50.1.